The molecule has 0 unspecified atom stereocenters. The Morgan fingerprint density at radius 3 is 1.35 bits per heavy atom. The molecule has 0 atom stereocenters. The van der Waals surface area contributed by atoms with Crippen molar-refractivity contribution in [2.75, 3.05) is 13.2 Å². The van der Waals surface area contributed by atoms with Crippen molar-refractivity contribution in [3.63, 3.8) is 0 Å². The molecular weight excluding hydrogens is 548 g/mol. The van der Waals surface area contributed by atoms with Gasteiger partial charge in [0.1, 0.15) is 11.5 Å². The van der Waals surface area contributed by atoms with Crippen molar-refractivity contribution in [1.29, 1.82) is 0 Å². The summed E-state index contributed by atoms with van der Waals surface area (Å²) in [6, 6.07) is 17.3. The van der Waals surface area contributed by atoms with Gasteiger partial charge < -0.3 is 14.2 Å². The van der Waals surface area contributed by atoms with E-state index in [1.807, 2.05) is 77.9 Å². The van der Waals surface area contributed by atoms with E-state index in [0.717, 1.165) is 33.4 Å². The molecule has 0 radical (unpaired) electrons. The van der Waals surface area contributed by atoms with Crippen LogP contribution in [0.3, 0.4) is 0 Å². The highest BCUT2D eigenvalue weighted by Gasteiger charge is 2.30. The van der Waals surface area contributed by atoms with E-state index in [9.17, 15) is 20.2 Å². The van der Waals surface area contributed by atoms with Crippen LogP contribution in [-0.4, -0.2) is 23.1 Å². The Balaban J connectivity index is 2.07. The fourth-order valence-electron chi connectivity index (χ4n) is 4.94. The van der Waals surface area contributed by atoms with Crippen LogP contribution >= 0.6 is 0 Å². The van der Waals surface area contributed by atoms with E-state index in [1.54, 1.807) is 12.1 Å². The molecular formula is C34H36N2O7. The van der Waals surface area contributed by atoms with Crippen molar-refractivity contribution < 1.29 is 24.1 Å². The Hall–Kier alpha value is -4.92. The molecule has 4 rings (SSSR count). The minimum Gasteiger partial charge on any atom is -0.486 e. The number of rotatable bonds is 12. The Morgan fingerprint density at radius 2 is 1.00 bits per heavy atom. The molecule has 0 aromatic heterocycles. The molecule has 0 spiro atoms. The predicted octanol–water partition coefficient (Wildman–Crippen LogP) is 9.44. The summed E-state index contributed by atoms with van der Waals surface area (Å²) in [5.41, 5.74) is 5.79. The van der Waals surface area contributed by atoms with Crippen LogP contribution < -0.4 is 14.2 Å². The summed E-state index contributed by atoms with van der Waals surface area (Å²) in [6.45, 7) is 12.2. The number of hydrogen-bond acceptors (Lipinski definition) is 7. The number of aryl methyl sites for hydroxylation is 2. The van der Waals surface area contributed by atoms with Gasteiger partial charge in [-0.3, -0.25) is 20.2 Å². The van der Waals surface area contributed by atoms with Crippen LogP contribution in [-0.2, 0) is 0 Å². The predicted molar refractivity (Wildman–Crippen MR) is 168 cm³/mol. The quantitative estimate of drug-likeness (QED) is 0.120. The minimum atomic E-state index is -0.465. The summed E-state index contributed by atoms with van der Waals surface area (Å²) >= 11 is 0. The Bertz CT molecular complexity index is 1560. The summed E-state index contributed by atoms with van der Waals surface area (Å²) in [4.78, 5) is 23.4. The summed E-state index contributed by atoms with van der Waals surface area (Å²) in [6.07, 6.45) is 1.29. The largest absolute Gasteiger partial charge is 0.486 e. The zero-order valence-electron chi connectivity index (χ0n) is 25.4. The van der Waals surface area contributed by atoms with Crippen molar-refractivity contribution in [3.05, 3.63) is 103 Å². The van der Waals surface area contributed by atoms with Gasteiger partial charge >= 0.3 is 11.4 Å². The first kappa shape index (κ1) is 31.0. The summed E-state index contributed by atoms with van der Waals surface area (Å²) in [5.74, 6) is 0.839. The van der Waals surface area contributed by atoms with Gasteiger partial charge in [0.25, 0.3) is 0 Å². The van der Waals surface area contributed by atoms with Gasteiger partial charge in [0.2, 0.25) is 11.5 Å². The van der Waals surface area contributed by atoms with E-state index in [4.69, 9.17) is 14.2 Å². The van der Waals surface area contributed by atoms with Gasteiger partial charge in [-0.1, -0.05) is 50.2 Å². The average molecular weight is 585 g/mol. The zero-order chi connectivity index (χ0) is 31.3. The molecule has 9 heteroatoms. The topological polar surface area (TPSA) is 114 Å². The van der Waals surface area contributed by atoms with Crippen LogP contribution in [0, 0.1) is 47.9 Å². The first-order chi connectivity index (χ1) is 20.6. The van der Waals surface area contributed by atoms with Crippen molar-refractivity contribution in [3.8, 4) is 45.3 Å². The lowest BCUT2D eigenvalue weighted by molar-refractivity contribution is -0.385. The standard InChI is InChI=1S/C34H36N2O7/c1-7-19-41-33-27(35(37)38)15-17-29(31(33)25-13-9-11-21(3)23(25)5)43-30-18-16-28(36(39)40)34(42-20-8-2)32(30)26-14-10-12-22(4)24(26)6/h9-18H,7-8,19-20H2,1-6H3. The van der Waals surface area contributed by atoms with Gasteiger partial charge in [-0.15, -0.1) is 0 Å². The monoisotopic (exact) mass is 584 g/mol. The van der Waals surface area contributed by atoms with Crippen LogP contribution in [0.2, 0.25) is 0 Å². The average Bonchev–Trinajstić information content (AvgIpc) is 2.97. The highest BCUT2D eigenvalue weighted by molar-refractivity contribution is 5.87. The number of hydrogen-bond donors (Lipinski definition) is 0. The van der Waals surface area contributed by atoms with Crippen molar-refractivity contribution >= 4 is 11.4 Å². The Morgan fingerprint density at radius 1 is 0.605 bits per heavy atom. The van der Waals surface area contributed by atoms with Gasteiger partial charge in [-0.2, -0.15) is 0 Å². The third kappa shape index (κ3) is 6.30. The number of benzene rings is 4. The maximum Gasteiger partial charge on any atom is 0.311 e. The van der Waals surface area contributed by atoms with E-state index >= 15 is 0 Å². The first-order valence-electron chi connectivity index (χ1n) is 14.3. The third-order valence-electron chi connectivity index (χ3n) is 7.46. The Labute approximate surface area is 251 Å². The van der Waals surface area contributed by atoms with Crippen molar-refractivity contribution in [2.24, 2.45) is 0 Å². The fourth-order valence-corrected chi connectivity index (χ4v) is 4.94. The van der Waals surface area contributed by atoms with E-state index in [2.05, 4.69) is 0 Å². The lowest BCUT2D eigenvalue weighted by Crippen LogP contribution is -2.05. The lowest BCUT2D eigenvalue weighted by atomic mass is 9.94. The van der Waals surface area contributed by atoms with Crippen LogP contribution in [0.4, 0.5) is 11.4 Å². The van der Waals surface area contributed by atoms with E-state index in [-0.39, 0.29) is 36.1 Å². The van der Waals surface area contributed by atoms with Crippen LogP contribution in [0.15, 0.2) is 60.7 Å². The summed E-state index contributed by atoms with van der Waals surface area (Å²) in [7, 11) is 0. The summed E-state index contributed by atoms with van der Waals surface area (Å²) < 4.78 is 18.7. The molecule has 0 amide bonds. The molecule has 0 aliphatic rings. The molecule has 43 heavy (non-hydrogen) atoms. The Kier molecular flexibility index (Phi) is 9.65. The van der Waals surface area contributed by atoms with Gasteiger partial charge in [-0.25, -0.2) is 0 Å². The van der Waals surface area contributed by atoms with Crippen LogP contribution in [0.1, 0.15) is 48.9 Å². The first-order valence-corrected chi connectivity index (χ1v) is 14.3. The molecule has 0 N–H and O–H groups in total. The van der Waals surface area contributed by atoms with Crippen LogP contribution in [0.25, 0.3) is 22.3 Å². The maximum absolute atomic E-state index is 12.1. The normalized spacial score (nSPS) is 10.8. The highest BCUT2D eigenvalue weighted by Crippen LogP contribution is 2.51. The number of nitro groups is 2. The van der Waals surface area contributed by atoms with Crippen LogP contribution in [0.5, 0.6) is 23.0 Å². The minimum absolute atomic E-state index is 0.107. The molecule has 0 heterocycles. The second-order valence-corrected chi connectivity index (χ2v) is 10.4. The third-order valence-corrected chi connectivity index (χ3v) is 7.46. The fraction of sp³-hybridized carbons (Fsp3) is 0.294. The molecule has 0 bridgehead atoms. The molecule has 0 saturated heterocycles. The number of nitrogens with zero attached hydrogens (tertiary/aromatic N) is 2. The van der Waals surface area contributed by atoms with E-state index in [1.165, 1.54) is 12.1 Å². The zero-order valence-corrected chi connectivity index (χ0v) is 25.4. The van der Waals surface area contributed by atoms with Gasteiger partial charge in [0, 0.05) is 12.1 Å². The number of nitro benzene ring substituents is 2. The molecule has 0 fully saturated rings. The van der Waals surface area contributed by atoms with Gasteiger partial charge in [0.05, 0.1) is 34.2 Å². The maximum atomic E-state index is 12.1. The molecule has 0 saturated carbocycles. The molecule has 9 nitrogen and oxygen atoms in total. The molecule has 0 aliphatic heterocycles. The summed E-state index contributed by atoms with van der Waals surface area (Å²) in [5, 5.41) is 24.3. The molecule has 224 valence electrons. The molecule has 0 aliphatic carbocycles. The SMILES string of the molecule is CCCOc1c([N+](=O)[O-])ccc(Oc2ccc([N+](=O)[O-])c(OCCC)c2-c2cccc(C)c2C)c1-c1cccc(C)c1C. The number of ether oxygens (including phenoxy) is 3. The van der Waals surface area contributed by atoms with E-state index < -0.39 is 9.85 Å². The second kappa shape index (κ2) is 13.4. The highest BCUT2D eigenvalue weighted by atomic mass is 16.6. The van der Waals surface area contributed by atoms with Gasteiger partial charge in [-0.05, 0) is 86.1 Å². The smallest absolute Gasteiger partial charge is 0.311 e. The van der Waals surface area contributed by atoms with Crippen molar-refractivity contribution in [1.82, 2.24) is 0 Å². The lowest BCUT2D eigenvalue weighted by Gasteiger charge is -2.21. The van der Waals surface area contributed by atoms with Gasteiger partial charge in [0.15, 0.2) is 0 Å². The molecule has 4 aromatic rings. The van der Waals surface area contributed by atoms with Crippen molar-refractivity contribution in [2.45, 2.75) is 54.4 Å². The second-order valence-electron chi connectivity index (χ2n) is 10.4. The van der Waals surface area contributed by atoms with E-state index in [0.29, 0.717) is 35.5 Å². The molecule has 4 aromatic carbocycles.